The summed E-state index contributed by atoms with van der Waals surface area (Å²) >= 11 is 5.98. The zero-order valence-electron chi connectivity index (χ0n) is 12.2. The molecule has 0 fully saturated rings. The third-order valence-corrected chi connectivity index (χ3v) is 3.80. The summed E-state index contributed by atoms with van der Waals surface area (Å²) in [6.45, 7) is 1.87. The molecule has 0 spiro atoms. The van der Waals surface area contributed by atoms with Crippen LogP contribution in [0.4, 0.5) is 0 Å². The second-order valence-electron chi connectivity index (χ2n) is 5.27. The van der Waals surface area contributed by atoms with Crippen LogP contribution in [-0.4, -0.2) is 21.7 Å². The quantitative estimate of drug-likeness (QED) is 0.743. The van der Waals surface area contributed by atoms with Crippen LogP contribution in [0.3, 0.4) is 0 Å². The molecule has 3 rings (SSSR count). The van der Waals surface area contributed by atoms with E-state index < -0.39 is 5.97 Å². The first kappa shape index (κ1) is 15.2. The van der Waals surface area contributed by atoms with Crippen LogP contribution >= 0.6 is 11.6 Å². The van der Waals surface area contributed by atoms with Crippen molar-refractivity contribution in [2.45, 2.75) is 13.3 Å². The second kappa shape index (κ2) is 5.85. The summed E-state index contributed by atoms with van der Waals surface area (Å²) in [7, 11) is 0. The van der Waals surface area contributed by atoms with Crippen LogP contribution in [-0.2, 0) is 11.2 Å². The number of aryl methyl sites for hydroxylation is 1. The van der Waals surface area contributed by atoms with Gasteiger partial charge in [-0.3, -0.25) is 9.78 Å². The lowest BCUT2D eigenvalue weighted by atomic mass is 10.0. The van der Waals surface area contributed by atoms with E-state index in [2.05, 4.69) is 9.97 Å². The molecule has 0 saturated heterocycles. The predicted molar refractivity (Wildman–Crippen MR) is 84.4 cm³/mol. The van der Waals surface area contributed by atoms with Crippen LogP contribution in [0.5, 0.6) is 0 Å². The number of H-pyrrole nitrogens is 1. The summed E-state index contributed by atoms with van der Waals surface area (Å²) in [6.07, 6.45) is 1.21. The molecule has 5 nitrogen and oxygen atoms in total. The number of carbonyl (C=O) groups is 2. The zero-order valence-corrected chi connectivity index (χ0v) is 13.0. The molecule has 2 aromatic heterocycles. The highest BCUT2D eigenvalue weighted by Gasteiger charge is 2.20. The Hall–Kier alpha value is -2.66. The number of rotatable bonds is 4. The monoisotopic (exact) mass is 327 g/mol. The molecule has 6 heteroatoms. The molecule has 1 aromatic carbocycles. The van der Waals surface area contributed by atoms with Gasteiger partial charge in [-0.25, -0.2) is 0 Å². The molecule has 0 unspecified atom stereocenters. The lowest BCUT2D eigenvalue weighted by Gasteiger charge is -2.05. The number of fused-ring (bicyclic) bond motifs is 1. The maximum Gasteiger partial charge on any atom is 0.227 e. The van der Waals surface area contributed by atoms with E-state index in [9.17, 15) is 14.7 Å². The molecule has 0 radical (unpaired) electrons. The van der Waals surface area contributed by atoms with Gasteiger partial charge in [0.05, 0.1) is 5.69 Å². The summed E-state index contributed by atoms with van der Waals surface area (Å²) in [5.74, 6) is -1.63. The highest BCUT2D eigenvalue weighted by molar-refractivity contribution is 6.31. The molecular formula is C17H12ClN2O3-. The predicted octanol–water partition coefficient (Wildman–Crippen LogP) is 2.05. The fraction of sp³-hybridized carbons (Fsp3) is 0.118. The summed E-state index contributed by atoms with van der Waals surface area (Å²) < 4.78 is 0. The maximum absolute atomic E-state index is 12.7. The molecular weight excluding hydrogens is 316 g/mol. The summed E-state index contributed by atoms with van der Waals surface area (Å²) in [5.41, 5.74) is 2.37. The Bertz CT molecular complexity index is 913. The number of halogens is 1. The molecule has 2 heterocycles. The smallest absolute Gasteiger partial charge is 0.227 e. The van der Waals surface area contributed by atoms with Crippen molar-refractivity contribution in [3.05, 3.63) is 64.1 Å². The number of hydrogen-bond donors (Lipinski definition) is 1. The van der Waals surface area contributed by atoms with E-state index in [1.165, 1.54) is 0 Å². The number of nitrogens with one attached hydrogen (secondary N) is 1. The molecule has 0 bridgehead atoms. The summed E-state index contributed by atoms with van der Waals surface area (Å²) in [5, 5.41) is 12.1. The molecule has 0 saturated carbocycles. The third kappa shape index (κ3) is 2.96. The largest absolute Gasteiger partial charge is 0.550 e. The molecule has 0 amide bonds. The zero-order chi connectivity index (χ0) is 16.6. The number of carboxylic acids is 1. The standard InChI is InChI=1S/C17H13ClN2O3/c1-9-2-4-14(19-8-9)17(23)16-12(7-15(21)22)11-6-10(18)3-5-13(11)20-16/h2-6,8,20H,7H2,1H3,(H,21,22)/p-1. The minimum atomic E-state index is -1.27. The van der Waals surface area contributed by atoms with Gasteiger partial charge in [0.1, 0.15) is 5.69 Å². The lowest BCUT2D eigenvalue weighted by Crippen LogP contribution is -2.25. The van der Waals surface area contributed by atoms with Crippen molar-refractivity contribution in [1.82, 2.24) is 9.97 Å². The first-order chi connectivity index (χ1) is 11.0. The fourth-order valence-electron chi connectivity index (χ4n) is 2.47. The van der Waals surface area contributed by atoms with Crippen LogP contribution in [0, 0.1) is 6.92 Å². The Morgan fingerprint density at radius 3 is 2.70 bits per heavy atom. The highest BCUT2D eigenvalue weighted by Crippen LogP contribution is 2.27. The average molecular weight is 328 g/mol. The van der Waals surface area contributed by atoms with Gasteiger partial charge in [-0.2, -0.15) is 0 Å². The average Bonchev–Trinajstić information content (AvgIpc) is 2.85. The van der Waals surface area contributed by atoms with E-state index in [1.54, 1.807) is 36.5 Å². The topological polar surface area (TPSA) is 85.9 Å². The molecule has 0 aliphatic rings. The summed E-state index contributed by atoms with van der Waals surface area (Å²) in [6, 6.07) is 8.39. The molecule has 1 N–H and O–H groups in total. The Morgan fingerprint density at radius 2 is 2.04 bits per heavy atom. The fourth-order valence-corrected chi connectivity index (χ4v) is 2.64. The van der Waals surface area contributed by atoms with Crippen LogP contribution in [0.2, 0.25) is 5.02 Å². The third-order valence-electron chi connectivity index (χ3n) is 3.56. The van der Waals surface area contributed by atoms with Crippen molar-refractivity contribution in [3.8, 4) is 0 Å². The number of aromatic nitrogens is 2. The lowest BCUT2D eigenvalue weighted by molar-refractivity contribution is -0.304. The van der Waals surface area contributed by atoms with Gasteiger partial charge < -0.3 is 14.9 Å². The van der Waals surface area contributed by atoms with Crippen molar-refractivity contribution < 1.29 is 14.7 Å². The van der Waals surface area contributed by atoms with Crippen molar-refractivity contribution in [3.63, 3.8) is 0 Å². The second-order valence-corrected chi connectivity index (χ2v) is 5.70. The number of aromatic amines is 1. The van der Waals surface area contributed by atoms with E-state index in [1.807, 2.05) is 6.92 Å². The Morgan fingerprint density at radius 1 is 1.26 bits per heavy atom. The van der Waals surface area contributed by atoms with E-state index >= 15 is 0 Å². The molecule has 0 atom stereocenters. The summed E-state index contributed by atoms with van der Waals surface area (Å²) in [4.78, 5) is 30.8. The van der Waals surface area contributed by atoms with E-state index in [0.717, 1.165) is 5.56 Å². The van der Waals surface area contributed by atoms with Crippen molar-refractivity contribution in [2.24, 2.45) is 0 Å². The van der Waals surface area contributed by atoms with Crippen molar-refractivity contribution >= 4 is 34.3 Å². The van der Waals surface area contributed by atoms with Gasteiger partial charge in [-0.15, -0.1) is 0 Å². The number of carboxylic acid groups (broad SMARTS) is 1. The Balaban J connectivity index is 2.17. The van der Waals surface area contributed by atoms with Crippen molar-refractivity contribution in [1.29, 1.82) is 0 Å². The first-order valence-electron chi connectivity index (χ1n) is 6.93. The van der Waals surface area contributed by atoms with Gasteiger partial charge in [0, 0.05) is 34.5 Å². The van der Waals surface area contributed by atoms with Crippen molar-refractivity contribution in [2.75, 3.05) is 0 Å². The number of aliphatic carboxylic acids is 1. The number of hydrogen-bond acceptors (Lipinski definition) is 4. The molecule has 3 aromatic rings. The molecule has 23 heavy (non-hydrogen) atoms. The first-order valence-corrected chi connectivity index (χ1v) is 7.31. The van der Waals surface area contributed by atoms with Gasteiger partial charge >= 0.3 is 0 Å². The maximum atomic E-state index is 12.7. The van der Waals surface area contributed by atoms with Crippen LogP contribution in [0.15, 0.2) is 36.5 Å². The normalized spacial score (nSPS) is 10.9. The van der Waals surface area contributed by atoms with Crippen LogP contribution in [0.25, 0.3) is 10.9 Å². The van der Waals surface area contributed by atoms with Gasteiger partial charge in [0.25, 0.3) is 0 Å². The van der Waals surface area contributed by atoms with Gasteiger partial charge in [0.2, 0.25) is 5.78 Å². The highest BCUT2D eigenvalue weighted by atomic mass is 35.5. The minimum Gasteiger partial charge on any atom is -0.550 e. The van der Waals surface area contributed by atoms with E-state index in [0.29, 0.717) is 21.5 Å². The number of ketones is 1. The van der Waals surface area contributed by atoms with Gasteiger partial charge in [0.15, 0.2) is 0 Å². The number of carbonyl (C=O) groups excluding carboxylic acids is 2. The van der Waals surface area contributed by atoms with E-state index in [-0.39, 0.29) is 23.6 Å². The van der Waals surface area contributed by atoms with Crippen LogP contribution < -0.4 is 5.11 Å². The minimum absolute atomic E-state index is 0.197. The number of benzene rings is 1. The van der Waals surface area contributed by atoms with E-state index in [4.69, 9.17) is 11.6 Å². The molecule has 116 valence electrons. The Labute approximate surface area is 136 Å². The number of pyridine rings is 1. The SMILES string of the molecule is Cc1ccc(C(=O)c2[nH]c3ccc(Cl)cc3c2CC(=O)[O-])nc1. The van der Waals surface area contributed by atoms with Gasteiger partial charge in [-0.1, -0.05) is 17.7 Å². The molecule has 0 aliphatic heterocycles. The van der Waals surface area contributed by atoms with Gasteiger partial charge in [-0.05, 0) is 42.3 Å². The Kier molecular flexibility index (Phi) is 3.88. The molecule has 0 aliphatic carbocycles. The van der Waals surface area contributed by atoms with Crippen LogP contribution in [0.1, 0.15) is 27.3 Å². The number of nitrogens with zero attached hydrogens (tertiary/aromatic N) is 1.